The van der Waals surface area contributed by atoms with E-state index in [1.807, 2.05) is 18.2 Å². The van der Waals surface area contributed by atoms with E-state index in [0.29, 0.717) is 36.3 Å². The Morgan fingerprint density at radius 1 is 1.03 bits per heavy atom. The highest BCUT2D eigenvalue weighted by Gasteiger charge is 2.41. The lowest BCUT2D eigenvalue weighted by Gasteiger charge is -2.40. The first-order chi connectivity index (χ1) is 16.7. The van der Waals surface area contributed by atoms with E-state index in [-0.39, 0.29) is 12.5 Å². The lowest BCUT2D eigenvalue weighted by Crippen LogP contribution is -2.47. The molecule has 35 heavy (non-hydrogen) atoms. The fraction of sp³-hybridized carbons (Fsp3) is 0.462. The Kier molecular flexibility index (Phi) is 7.47. The van der Waals surface area contributed by atoms with E-state index in [4.69, 9.17) is 5.73 Å². The zero-order valence-electron chi connectivity index (χ0n) is 19.4. The number of carbonyl (C=O) groups is 2. The maximum atomic E-state index is 12.8. The lowest BCUT2D eigenvalue weighted by molar-refractivity contribution is -0.138. The number of hydrogen-bond donors (Lipinski definition) is 2. The number of halogens is 3. The topological polar surface area (TPSA) is 86.9 Å². The van der Waals surface area contributed by atoms with E-state index in [9.17, 15) is 27.9 Å². The Morgan fingerprint density at radius 3 is 2.23 bits per heavy atom. The molecular weight excluding hydrogens is 459 g/mol. The SMILES string of the molecule is NC(=O)c1ccccc1C1CC2CCC(C1)N2CCN(Cc1ccc(C(F)(F)F)cc1)C(=O)CO. The molecule has 9 heteroatoms. The number of aliphatic hydroxyl groups is 1. The second-order valence-corrected chi connectivity index (χ2v) is 9.41. The van der Waals surface area contributed by atoms with Crippen molar-refractivity contribution in [3.05, 3.63) is 70.8 Å². The van der Waals surface area contributed by atoms with Crippen molar-refractivity contribution in [2.75, 3.05) is 19.7 Å². The number of nitrogens with two attached hydrogens (primary N) is 1. The first-order valence-electron chi connectivity index (χ1n) is 11.9. The number of hydrogen-bond acceptors (Lipinski definition) is 4. The molecule has 2 saturated heterocycles. The predicted molar refractivity (Wildman–Crippen MR) is 124 cm³/mol. The van der Waals surface area contributed by atoms with Gasteiger partial charge in [-0.2, -0.15) is 13.2 Å². The fourth-order valence-electron chi connectivity index (χ4n) is 5.62. The van der Waals surface area contributed by atoms with Gasteiger partial charge in [-0.1, -0.05) is 30.3 Å². The normalized spacial score (nSPS) is 22.2. The molecular formula is C26H30F3N3O3. The summed E-state index contributed by atoms with van der Waals surface area (Å²) >= 11 is 0. The Bertz CT molecular complexity index is 1040. The molecule has 0 aromatic heterocycles. The summed E-state index contributed by atoms with van der Waals surface area (Å²) in [6.07, 6.45) is -0.552. The Morgan fingerprint density at radius 2 is 1.66 bits per heavy atom. The number of carbonyl (C=O) groups excluding carboxylic acids is 2. The van der Waals surface area contributed by atoms with Crippen molar-refractivity contribution in [2.24, 2.45) is 5.73 Å². The van der Waals surface area contributed by atoms with Crippen LogP contribution < -0.4 is 5.73 Å². The van der Waals surface area contributed by atoms with Gasteiger partial charge in [0.1, 0.15) is 6.61 Å². The quantitative estimate of drug-likeness (QED) is 0.594. The number of benzene rings is 2. The Balaban J connectivity index is 1.41. The molecule has 4 rings (SSSR count). The first kappa shape index (κ1) is 25.2. The van der Waals surface area contributed by atoms with E-state index in [1.165, 1.54) is 17.0 Å². The van der Waals surface area contributed by atoms with Crippen LogP contribution in [-0.4, -0.2) is 58.5 Å². The van der Waals surface area contributed by atoms with Gasteiger partial charge in [-0.15, -0.1) is 0 Å². The molecule has 2 atom stereocenters. The molecule has 0 spiro atoms. The Labute approximate surface area is 202 Å². The first-order valence-corrected chi connectivity index (χ1v) is 11.9. The summed E-state index contributed by atoms with van der Waals surface area (Å²) in [7, 11) is 0. The smallest absolute Gasteiger partial charge is 0.387 e. The van der Waals surface area contributed by atoms with Crippen molar-refractivity contribution in [1.29, 1.82) is 0 Å². The maximum Gasteiger partial charge on any atom is 0.416 e. The molecule has 2 fully saturated rings. The number of alkyl halides is 3. The second-order valence-electron chi connectivity index (χ2n) is 9.41. The molecule has 0 aliphatic carbocycles. The summed E-state index contributed by atoms with van der Waals surface area (Å²) in [6, 6.07) is 12.9. The molecule has 2 unspecified atom stereocenters. The van der Waals surface area contributed by atoms with Crippen LogP contribution in [0.4, 0.5) is 13.2 Å². The molecule has 2 aliphatic rings. The van der Waals surface area contributed by atoms with Crippen LogP contribution in [0.3, 0.4) is 0 Å². The van der Waals surface area contributed by atoms with Crippen molar-refractivity contribution in [2.45, 2.75) is 56.4 Å². The highest BCUT2D eigenvalue weighted by Crippen LogP contribution is 2.43. The summed E-state index contributed by atoms with van der Waals surface area (Å²) < 4.78 is 38.5. The van der Waals surface area contributed by atoms with Gasteiger partial charge in [-0.05, 0) is 60.9 Å². The van der Waals surface area contributed by atoms with Crippen LogP contribution in [0.15, 0.2) is 48.5 Å². The molecule has 2 heterocycles. The van der Waals surface area contributed by atoms with Crippen LogP contribution in [0.1, 0.15) is 58.6 Å². The van der Waals surface area contributed by atoms with Gasteiger partial charge in [-0.25, -0.2) is 0 Å². The predicted octanol–water partition coefficient (Wildman–Crippen LogP) is 3.54. The minimum atomic E-state index is -4.41. The summed E-state index contributed by atoms with van der Waals surface area (Å²) in [4.78, 5) is 28.2. The van der Waals surface area contributed by atoms with Crippen molar-refractivity contribution in [3.8, 4) is 0 Å². The van der Waals surface area contributed by atoms with Crippen molar-refractivity contribution >= 4 is 11.8 Å². The molecule has 2 aliphatic heterocycles. The average molecular weight is 490 g/mol. The minimum absolute atomic E-state index is 0.134. The molecule has 2 bridgehead atoms. The molecule has 6 nitrogen and oxygen atoms in total. The average Bonchev–Trinajstić information content (AvgIpc) is 3.07. The monoisotopic (exact) mass is 489 g/mol. The van der Waals surface area contributed by atoms with Crippen LogP contribution in [0.5, 0.6) is 0 Å². The van der Waals surface area contributed by atoms with E-state index >= 15 is 0 Å². The fourth-order valence-corrected chi connectivity index (χ4v) is 5.62. The summed E-state index contributed by atoms with van der Waals surface area (Å²) in [5.74, 6) is -0.630. The number of fused-ring (bicyclic) bond motifs is 2. The number of rotatable bonds is 8. The van der Waals surface area contributed by atoms with Crippen molar-refractivity contribution in [1.82, 2.24) is 9.80 Å². The van der Waals surface area contributed by atoms with Crippen LogP contribution in [0, 0.1) is 0 Å². The van der Waals surface area contributed by atoms with Crippen molar-refractivity contribution < 1.29 is 27.9 Å². The van der Waals surface area contributed by atoms with Crippen LogP contribution in [0.2, 0.25) is 0 Å². The van der Waals surface area contributed by atoms with Gasteiger partial charge in [0.05, 0.1) is 5.56 Å². The summed E-state index contributed by atoms with van der Waals surface area (Å²) in [6.45, 7) is 0.469. The second kappa shape index (κ2) is 10.4. The maximum absolute atomic E-state index is 12.8. The number of aliphatic hydroxyl groups excluding tert-OH is 1. The standard InChI is InChI=1S/C26H30F3N3O3/c27-26(28,29)19-7-5-17(6-8-19)15-31(24(34)16-33)11-12-32-20-9-10-21(32)14-18(13-20)22-3-1-2-4-23(22)25(30)35/h1-8,18,20-21,33H,9-16H2,(H2,30,35). The van der Waals surface area contributed by atoms with Crippen LogP contribution in [0.25, 0.3) is 0 Å². The highest BCUT2D eigenvalue weighted by molar-refractivity contribution is 5.94. The molecule has 188 valence electrons. The number of primary amides is 1. The molecule has 0 radical (unpaired) electrons. The number of amides is 2. The minimum Gasteiger partial charge on any atom is -0.387 e. The third kappa shape index (κ3) is 5.67. The van der Waals surface area contributed by atoms with Gasteiger partial charge in [0, 0.05) is 37.3 Å². The van der Waals surface area contributed by atoms with Gasteiger partial charge in [0.15, 0.2) is 0 Å². The van der Waals surface area contributed by atoms with Gasteiger partial charge in [-0.3, -0.25) is 14.5 Å². The van der Waals surface area contributed by atoms with E-state index in [1.54, 1.807) is 6.07 Å². The zero-order chi connectivity index (χ0) is 25.2. The molecule has 2 amide bonds. The molecule has 3 N–H and O–H groups in total. The van der Waals surface area contributed by atoms with E-state index in [2.05, 4.69) is 4.90 Å². The third-order valence-electron chi connectivity index (χ3n) is 7.32. The highest BCUT2D eigenvalue weighted by atomic mass is 19.4. The summed E-state index contributed by atoms with van der Waals surface area (Å²) in [5.41, 5.74) is 6.99. The molecule has 2 aromatic rings. The van der Waals surface area contributed by atoms with Crippen LogP contribution in [-0.2, 0) is 17.5 Å². The largest absolute Gasteiger partial charge is 0.416 e. The van der Waals surface area contributed by atoms with Crippen LogP contribution >= 0.6 is 0 Å². The van der Waals surface area contributed by atoms with E-state index < -0.39 is 30.2 Å². The summed E-state index contributed by atoms with van der Waals surface area (Å²) in [5, 5.41) is 9.43. The van der Waals surface area contributed by atoms with E-state index in [0.717, 1.165) is 43.4 Å². The Hall–Kier alpha value is -2.91. The number of piperidine rings is 1. The zero-order valence-corrected chi connectivity index (χ0v) is 19.4. The van der Waals surface area contributed by atoms with Gasteiger partial charge >= 0.3 is 6.18 Å². The van der Waals surface area contributed by atoms with Gasteiger partial charge in [0.25, 0.3) is 0 Å². The molecule has 2 aromatic carbocycles. The van der Waals surface area contributed by atoms with Gasteiger partial charge in [0.2, 0.25) is 11.8 Å². The lowest BCUT2D eigenvalue weighted by atomic mass is 9.82. The number of nitrogens with zero attached hydrogens (tertiary/aromatic N) is 2. The third-order valence-corrected chi connectivity index (χ3v) is 7.32. The molecule has 0 saturated carbocycles. The van der Waals surface area contributed by atoms with Crippen molar-refractivity contribution in [3.63, 3.8) is 0 Å². The van der Waals surface area contributed by atoms with Gasteiger partial charge < -0.3 is 15.7 Å².